The molecule has 0 atom stereocenters. The molecule has 0 saturated carbocycles. The molecule has 0 aliphatic heterocycles. The molecule has 2 aromatic heterocycles. The van der Waals surface area contributed by atoms with Crippen molar-refractivity contribution in [1.82, 2.24) is 30.0 Å². The van der Waals surface area contributed by atoms with Gasteiger partial charge in [-0.2, -0.15) is 9.78 Å². The summed E-state index contributed by atoms with van der Waals surface area (Å²) in [6.07, 6.45) is 3.85. The first kappa shape index (κ1) is 16.3. The molecule has 8 nitrogen and oxygen atoms in total. The van der Waals surface area contributed by atoms with Gasteiger partial charge in [-0.25, -0.2) is 0 Å². The Morgan fingerprint density at radius 3 is 2.79 bits per heavy atom. The first-order valence-electron chi connectivity index (χ1n) is 7.34. The van der Waals surface area contributed by atoms with E-state index in [-0.39, 0.29) is 0 Å². The van der Waals surface area contributed by atoms with Crippen molar-refractivity contribution >= 4 is 11.8 Å². The van der Waals surface area contributed by atoms with Crippen molar-refractivity contribution in [1.29, 1.82) is 0 Å². The van der Waals surface area contributed by atoms with Gasteiger partial charge < -0.3 is 9.47 Å². The quantitative estimate of drug-likeness (QED) is 0.605. The lowest BCUT2D eigenvalue weighted by Crippen LogP contribution is -2.05. The number of aromatic nitrogens is 6. The number of nitrogens with zero attached hydrogens (tertiary/aromatic N) is 6. The average Bonchev–Trinajstić information content (AvgIpc) is 3.23. The summed E-state index contributed by atoms with van der Waals surface area (Å²) in [4.78, 5) is 0. The summed E-state index contributed by atoms with van der Waals surface area (Å²) in [5.74, 6) is 2.19. The Labute approximate surface area is 143 Å². The largest absolute Gasteiger partial charge is 0.497 e. The van der Waals surface area contributed by atoms with Crippen molar-refractivity contribution < 1.29 is 9.47 Å². The molecule has 9 heteroatoms. The number of benzene rings is 1. The van der Waals surface area contributed by atoms with Crippen molar-refractivity contribution in [3.63, 3.8) is 0 Å². The van der Waals surface area contributed by atoms with Gasteiger partial charge >= 0.3 is 0 Å². The highest BCUT2D eigenvalue weighted by molar-refractivity contribution is 7.99. The molecule has 0 N–H and O–H groups in total. The van der Waals surface area contributed by atoms with Crippen molar-refractivity contribution in [2.24, 2.45) is 0 Å². The zero-order valence-electron chi connectivity index (χ0n) is 13.7. The van der Waals surface area contributed by atoms with Crippen LogP contribution >= 0.6 is 11.8 Å². The molecule has 0 spiro atoms. The van der Waals surface area contributed by atoms with Crippen molar-refractivity contribution in [3.05, 3.63) is 36.2 Å². The van der Waals surface area contributed by atoms with E-state index in [1.807, 2.05) is 42.2 Å². The lowest BCUT2D eigenvalue weighted by molar-refractivity contribution is 0.399. The van der Waals surface area contributed by atoms with Crippen LogP contribution in [0.1, 0.15) is 5.56 Å². The second kappa shape index (κ2) is 7.35. The lowest BCUT2D eigenvalue weighted by Gasteiger charge is -2.11. The summed E-state index contributed by atoms with van der Waals surface area (Å²) in [6.45, 7) is 2.80. The average molecular weight is 346 g/mol. The lowest BCUT2D eigenvalue weighted by atomic mass is 10.3. The molecule has 126 valence electrons. The predicted molar refractivity (Wildman–Crippen MR) is 89.9 cm³/mol. The zero-order valence-corrected chi connectivity index (χ0v) is 14.5. The van der Waals surface area contributed by atoms with Crippen LogP contribution in [-0.4, -0.2) is 50.0 Å². The van der Waals surface area contributed by atoms with Gasteiger partial charge in [-0.1, -0.05) is 11.8 Å². The molecular weight excluding hydrogens is 328 g/mol. The zero-order chi connectivity index (χ0) is 16.9. The maximum Gasteiger partial charge on any atom is 0.214 e. The molecule has 0 fully saturated rings. The number of rotatable bonds is 7. The van der Waals surface area contributed by atoms with Gasteiger partial charge in [0.05, 0.1) is 27.0 Å². The molecule has 1 aromatic carbocycles. The third-order valence-electron chi connectivity index (χ3n) is 3.37. The molecule has 0 saturated heterocycles. The van der Waals surface area contributed by atoms with Crippen LogP contribution in [0.15, 0.2) is 35.7 Å². The van der Waals surface area contributed by atoms with Crippen LogP contribution in [-0.2, 0) is 6.54 Å². The van der Waals surface area contributed by atoms with Crippen molar-refractivity contribution in [2.75, 3.05) is 20.0 Å². The topological polar surface area (TPSA) is 79.9 Å². The molecule has 3 aromatic rings. The highest BCUT2D eigenvalue weighted by atomic mass is 32.2. The van der Waals surface area contributed by atoms with E-state index in [1.165, 1.54) is 0 Å². The third-order valence-corrected chi connectivity index (χ3v) is 4.27. The number of hydrogen-bond acceptors (Lipinski definition) is 7. The summed E-state index contributed by atoms with van der Waals surface area (Å²) in [5.41, 5.74) is 1.88. The van der Waals surface area contributed by atoms with Gasteiger partial charge in [0, 0.05) is 18.0 Å². The standard InChI is InChI=1S/C15H18N6O2S/c1-11-9-16-20(10-11)6-7-24-15-17-18-19-21(15)13-8-12(22-2)4-5-14(13)23-3/h4-5,8-10H,6-7H2,1-3H3. The second-order valence-corrected chi connectivity index (χ2v) is 6.10. The van der Waals surface area contributed by atoms with Crippen LogP contribution in [0.5, 0.6) is 11.5 Å². The monoisotopic (exact) mass is 346 g/mol. The molecule has 0 unspecified atom stereocenters. The molecule has 0 amide bonds. The maximum absolute atomic E-state index is 5.40. The number of aryl methyl sites for hydroxylation is 2. The number of tetrazole rings is 1. The fraction of sp³-hybridized carbons (Fsp3) is 0.333. The Bertz CT molecular complexity index is 816. The van der Waals surface area contributed by atoms with E-state index in [1.54, 1.807) is 30.7 Å². The van der Waals surface area contributed by atoms with Gasteiger partial charge in [0.2, 0.25) is 5.16 Å². The van der Waals surface area contributed by atoms with Crippen LogP contribution in [0.2, 0.25) is 0 Å². The molecule has 0 aliphatic carbocycles. The SMILES string of the molecule is COc1ccc(OC)c(-n2nnnc2SCCn2cc(C)cn2)c1. The van der Waals surface area contributed by atoms with Crippen LogP contribution in [0.4, 0.5) is 0 Å². The van der Waals surface area contributed by atoms with E-state index < -0.39 is 0 Å². The molecule has 2 heterocycles. The van der Waals surface area contributed by atoms with E-state index in [0.717, 1.165) is 23.5 Å². The number of hydrogen-bond donors (Lipinski definition) is 0. The fourth-order valence-corrected chi connectivity index (χ4v) is 3.01. The van der Waals surface area contributed by atoms with Crippen LogP contribution in [0, 0.1) is 6.92 Å². The Balaban J connectivity index is 1.77. The molecule has 3 rings (SSSR count). The molecule has 24 heavy (non-hydrogen) atoms. The molecular formula is C15H18N6O2S. The Morgan fingerprint density at radius 2 is 2.08 bits per heavy atom. The van der Waals surface area contributed by atoms with Crippen LogP contribution in [0.25, 0.3) is 5.69 Å². The van der Waals surface area contributed by atoms with E-state index in [2.05, 4.69) is 20.6 Å². The van der Waals surface area contributed by atoms with Crippen molar-refractivity contribution in [3.8, 4) is 17.2 Å². The van der Waals surface area contributed by atoms with Crippen LogP contribution < -0.4 is 9.47 Å². The minimum absolute atomic E-state index is 0.674. The minimum Gasteiger partial charge on any atom is -0.497 e. The van der Waals surface area contributed by atoms with Gasteiger partial charge in [0.15, 0.2) is 0 Å². The number of ether oxygens (including phenoxy) is 2. The Hall–Kier alpha value is -2.55. The normalized spacial score (nSPS) is 10.8. The van der Waals surface area contributed by atoms with Crippen molar-refractivity contribution in [2.45, 2.75) is 18.6 Å². The summed E-state index contributed by atoms with van der Waals surface area (Å²) >= 11 is 1.55. The molecule has 0 radical (unpaired) electrons. The first-order valence-corrected chi connectivity index (χ1v) is 8.32. The Morgan fingerprint density at radius 1 is 1.21 bits per heavy atom. The summed E-state index contributed by atoms with van der Waals surface area (Å²) in [5, 5.41) is 16.9. The van der Waals surface area contributed by atoms with Crippen LogP contribution in [0.3, 0.4) is 0 Å². The smallest absolute Gasteiger partial charge is 0.214 e. The van der Waals surface area contributed by atoms with Gasteiger partial charge in [-0.05, 0) is 35.0 Å². The van der Waals surface area contributed by atoms with E-state index >= 15 is 0 Å². The fourth-order valence-electron chi connectivity index (χ4n) is 2.20. The van der Waals surface area contributed by atoms with Gasteiger partial charge in [0.25, 0.3) is 0 Å². The van der Waals surface area contributed by atoms with Gasteiger partial charge in [-0.3, -0.25) is 4.68 Å². The molecule has 0 bridgehead atoms. The minimum atomic E-state index is 0.674. The van der Waals surface area contributed by atoms with E-state index in [0.29, 0.717) is 16.7 Å². The summed E-state index contributed by atoms with van der Waals surface area (Å²) in [6, 6.07) is 5.51. The maximum atomic E-state index is 5.40. The van der Waals surface area contributed by atoms with Gasteiger partial charge in [0.1, 0.15) is 17.2 Å². The van der Waals surface area contributed by atoms with E-state index in [9.17, 15) is 0 Å². The third kappa shape index (κ3) is 3.51. The first-order chi connectivity index (χ1) is 11.7. The number of thioether (sulfide) groups is 1. The van der Waals surface area contributed by atoms with E-state index in [4.69, 9.17) is 9.47 Å². The van der Waals surface area contributed by atoms with Gasteiger partial charge in [-0.15, -0.1) is 5.10 Å². The highest BCUT2D eigenvalue weighted by Crippen LogP contribution is 2.29. The number of methoxy groups -OCH3 is 2. The molecule has 0 aliphatic rings. The summed E-state index contributed by atoms with van der Waals surface area (Å²) in [7, 11) is 3.23. The predicted octanol–water partition coefficient (Wildman–Crippen LogP) is 1.98. The Kier molecular flexibility index (Phi) is 4.99. The summed E-state index contributed by atoms with van der Waals surface area (Å²) < 4.78 is 14.2. The highest BCUT2D eigenvalue weighted by Gasteiger charge is 2.14. The second-order valence-electron chi connectivity index (χ2n) is 5.04.